The van der Waals surface area contributed by atoms with Gasteiger partial charge in [-0.05, 0) is 17.7 Å². The number of aromatic nitrogens is 2. The minimum absolute atomic E-state index is 0.0425. The first-order valence-electron chi connectivity index (χ1n) is 8.36. The Morgan fingerprint density at radius 1 is 1.00 bits per heavy atom. The fourth-order valence-electron chi connectivity index (χ4n) is 3.32. The van der Waals surface area contributed by atoms with Crippen molar-refractivity contribution in [2.75, 3.05) is 12.4 Å². The quantitative estimate of drug-likeness (QED) is 0.511. The number of primary sulfonamides is 2. The number of nitrogens with zero attached hydrogens (tertiary/aromatic N) is 5. The topological polar surface area (TPSA) is 201 Å². The van der Waals surface area contributed by atoms with E-state index in [2.05, 4.69) is 20.2 Å². The smallest absolute Gasteiger partial charge is 0.240 e. The Morgan fingerprint density at radius 2 is 1.73 bits per heavy atom. The molecule has 0 spiro atoms. The standard InChI is InChI=1S/C16H16N8O4S2/c1-24-10-4-2-3-9(13(10)22-16(24)17)8-5-6-11(29(18,25)26)14(30(19,27)28)12(8)15-20-7-21-23-15/h2-6H,7H2,1H3,(H2,17,22)(H2,18,25,26)(H2,19,27,28). The van der Waals surface area contributed by atoms with Crippen LogP contribution in [-0.4, -0.2) is 38.9 Å². The molecule has 2 heterocycles. The van der Waals surface area contributed by atoms with Crippen LogP contribution < -0.4 is 16.0 Å². The molecule has 156 valence electrons. The van der Waals surface area contributed by atoms with E-state index < -0.39 is 29.8 Å². The molecule has 0 radical (unpaired) electrons. The molecule has 1 aromatic heterocycles. The van der Waals surface area contributed by atoms with Gasteiger partial charge in [0.1, 0.15) is 9.79 Å². The van der Waals surface area contributed by atoms with Gasteiger partial charge in [-0.25, -0.2) is 37.1 Å². The molecule has 0 unspecified atom stereocenters. The van der Waals surface area contributed by atoms with Gasteiger partial charge in [-0.15, -0.1) is 5.11 Å². The van der Waals surface area contributed by atoms with Crippen LogP contribution in [-0.2, 0) is 27.1 Å². The Hall–Kier alpha value is -3.20. The summed E-state index contributed by atoms with van der Waals surface area (Å²) in [7, 11) is -7.28. The summed E-state index contributed by atoms with van der Waals surface area (Å²) in [6.45, 7) is -0.0425. The Morgan fingerprint density at radius 3 is 2.33 bits per heavy atom. The van der Waals surface area contributed by atoms with Gasteiger partial charge in [-0.2, -0.15) is 5.11 Å². The summed E-state index contributed by atoms with van der Waals surface area (Å²) in [6.07, 6.45) is 0. The van der Waals surface area contributed by atoms with Gasteiger partial charge in [0.2, 0.25) is 26.0 Å². The van der Waals surface area contributed by atoms with Gasteiger partial charge in [0.05, 0.1) is 16.6 Å². The van der Waals surface area contributed by atoms with Crippen molar-refractivity contribution in [1.29, 1.82) is 0 Å². The highest BCUT2D eigenvalue weighted by atomic mass is 32.2. The summed E-state index contributed by atoms with van der Waals surface area (Å²) < 4.78 is 50.8. The minimum Gasteiger partial charge on any atom is -0.369 e. The fourth-order valence-corrected chi connectivity index (χ4v) is 5.47. The molecule has 2 aromatic carbocycles. The van der Waals surface area contributed by atoms with Crippen LogP contribution >= 0.6 is 0 Å². The van der Waals surface area contributed by atoms with Crippen LogP contribution in [0.15, 0.2) is 55.3 Å². The summed E-state index contributed by atoms with van der Waals surface area (Å²) in [4.78, 5) is 7.04. The third-order valence-electron chi connectivity index (χ3n) is 4.62. The number of para-hydroxylation sites is 1. The van der Waals surface area contributed by atoms with E-state index in [9.17, 15) is 16.8 Å². The van der Waals surface area contributed by atoms with Crippen molar-refractivity contribution in [1.82, 2.24) is 9.55 Å². The van der Waals surface area contributed by atoms with Crippen molar-refractivity contribution < 1.29 is 16.8 Å². The number of anilines is 1. The number of fused-ring (bicyclic) bond motifs is 1. The average molecular weight is 448 g/mol. The molecule has 12 nitrogen and oxygen atoms in total. The average Bonchev–Trinajstić information content (AvgIpc) is 3.28. The minimum atomic E-state index is -4.56. The summed E-state index contributed by atoms with van der Waals surface area (Å²) in [6, 6.07) is 7.67. The van der Waals surface area contributed by atoms with Crippen LogP contribution in [0.25, 0.3) is 22.2 Å². The van der Waals surface area contributed by atoms with Gasteiger partial charge in [-0.3, -0.25) is 0 Å². The van der Waals surface area contributed by atoms with E-state index in [0.29, 0.717) is 16.6 Å². The molecule has 0 amide bonds. The Bertz CT molecular complexity index is 1490. The van der Waals surface area contributed by atoms with E-state index in [1.165, 1.54) is 6.07 Å². The van der Waals surface area contributed by atoms with E-state index in [4.69, 9.17) is 16.0 Å². The zero-order chi connectivity index (χ0) is 21.8. The number of nitrogen functional groups attached to an aromatic ring is 1. The summed E-state index contributed by atoms with van der Waals surface area (Å²) in [5.74, 6) is 0.158. The molecular weight excluding hydrogens is 432 g/mol. The maximum Gasteiger partial charge on any atom is 0.240 e. The second kappa shape index (κ2) is 6.66. The molecule has 3 aromatic rings. The maximum atomic E-state index is 12.5. The predicted molar refractivity (Wildman–Crippen MR) is 110 cm³/mol. The van der Waals surface area contributed by atoms with E-state index in [-0.39, 0.29) is 29.6 Å². The Labute approximate surface area is 171 Å². The number of azo groups is 1. The maximum absolute atomic E-state index is 12.5. The zero-order valence-corrected chi connectivity index (χ0v) is 17.1. The van der Waals surface area contributed by atoms with E-state index in [1.807, 2.05) is 0 Å². The van der Waals surface area contributed by atoms with Crippen LogP contribution in [0.5, 0.6) is 0 Å². The third kappa shape index (κ3) is 3.15. The predicted octanol–water partition coefficient (Wildman–Crippen LogP) is 0.287. The van der Waals surface area contributed by atoms with E-state index in [1.54, 1.807) is 29.8 Å². The second-order valence-corrected chi connectivity index (χ2v) is 9.50. The zero-order valence-electron chi connectivity index (χ0n) is 15.5. The van der Waals surface area contributed by atoms with Crippen LogP contribution in [0, 0.1) is 0 Å². The highest BCUT2D eigenvalue weighted by Crippen LogP contribution is 2.37. The highest BCUT2D eigenvalue weighted by molar-refractivity contribution is 7.92. The van der Waals surface area contributed by atoms with E-state index >= 15 is 0 Å². The number of rotatable bonds is 4. The molecule has 0 bridgehead atoms. The summed E-state index contributed by atoms with van der Waals surface area (Å²) >= 11 is 0. The molecule has 30 heavy (non-hydrogen) atoms. The number of imidazole rings is 1. The monoisotopic (exact) mass is 448 g/mol. The molecule has 0 fully saturated rings. The summed E-state index contributed by atoms with van der Waals surface area (Å²) in [5, 5.41) is 18.2. The molecule has 0 aliphatic carbocycles. The number of amidine groups is 1. The molecule has 0 saturated carbocycles. The van der Waals surface area contributed by atoms with Crippen molar-refractivity contribution in [3.05, 3.63) is 35.9 Å². The SMILES string of the molecule is Cn1c(N)nc2c(-c3ccc(S(N)(=O)=O)c(S(N)(=O)=O)c3C3=NCN=N3)cccc21. The van der Waals surface area contributed by atoms with Crippen molar-refractivity contribution in [2.45, 2.75) is 9.79 Å². The van der Waals surface area contributed by atoms with Gasteiger partial charge in [-0.1, -0.05) is 18.2 Å². The largest absolute Gasteiger partial charge is 0.369 e. The van der Waals surface area contributed by atoms with Crippen molar-refractivity contribution in [3.8, 4) is 11.1 Å². The van der Waals surface area contributed by atoms with Crippen molar-refractivity contribution in [2.24, 2.45) is 32.5 Å². The molecule has 4 rings (SSSR count). The number of aliphatic imine (C=N–C) groups is 1. The molecule has 6 N–H and O–H groups in total. The Balaban J connectivity index is 2.21. The summed E-state index contributed by atoms with van der Waals surface area (Å²) in [5.41, 5.74) is 7.71. The second-order valence-electron chi connectivity index (χ2n) is 6.47. The van der Waals surface area contributed by atoms with Gasteiger partial charge in [0, 0.05) is 12.6 Å². The first-order chi connectivity index (χ1) is 14.0. The first-order valence-corrected chi connectivity index (χ1v) is 11.5. The molecule has 0 saturated heterocycles. The third-order valence-corrected chi connectivity index (χ3v) is 6.70. The van der Waals surface area contributed by atoms with Crippen LogP contribution in [0.1, 0.15) is 5.56 Å². The Kier molecular flexibility index (Phi) is 4.46. The van der Waals surface area contributed by atoms with Gasteiger partial charge >= 0.3 is 0 Å². The molecule has 1 aliphatic rings. The number of nitrogens with two attached hydrogens (primary N) is 3. The lowest BCUT2D eigenvalue weighted by atomic mass is 9.97. The first kappa shape index (κ1) is 20.1. The number of aryl methyl sites for hydroxylation is 1. The lowest BCUT2D eigenvalue weighted by molar-refractivity contribution is 0.584. The van der Waals surface area contributed by atoms with Crippen LogP contribution in [0.4, 0.5) is 5.95 Å². The van der Waals surface area contributed by atoms with E-state index in [0.717, 1.165) is 6.07 Å². The molecule has 1 aliphatic heterocycles. The van der Waals surface area contributed by atoms with Gasteiger partial charge < -0.3 is 10.3 Å². The molecular formula is C16H16N8O4S2. The number of sulfonamides is 2. The lowest BCUT2D eigenvalue weighted by Crippen LogP contribution is -2.24. The van der Waals surface area contributed by atoms with Gasteiger partial charge in [0.15, 0.2) is 12.5 Å². The van der Waals surface area contributed by atoms with Gasteiger partial charge in [0.25, 0.3) is 0 Å². The van der Waals surface area contributed by atoms with Crippen LogP contribution in [0.3, 0.4) is 0 Å². The number of hydrogen-bond donors (Lipinski definition) is 3. The lowest BCUT2D eigenvalue weighted by Gasteiger charge is -2.16. The van der Waals surface area contributed by atoms with Crippen molar-refractivity contribution >= 4 is 42.9 Å². The molecule has 14 heteroatoms. The number of benzene rings is 2. The fraction of sp³-hybridized carbons (Fsp3) is 0.125. The normalized spacial score (nSPS) is 14.4. The van der Waals surface area contributed by atoms with Crippen LogP contribution in [0.2, 0.25) is 0 Å². The highest BCUT2D eigenvalue weighted by Gasteiger charge is 2.31. The van der Waals surface area contributed by atoms with Crippen molar-refractivity contribution in [3.63, 3.8) is 0 Å². The number of hydrogen-bond acceptors (Lipinski definition) is 9. The molecule has 0 atom stereocenters.